The van der Waals surface area contributed by atoms with Crippen LogP contribution in [0.2, 0.25) is 0 Å². The van der Waals surface area contributed by atoms with Gasteiger partial charge in [-0.15, -0.1) is 0 Å². The van der Waals surface area contributed by atoms with Crippen molar-refractivity contribution in [3.05, 3.63) is 65.2 Å². The van der Waals surface area contributed by atoms with Crippen LogP contribution in [0.4, 0.5) is 5.69 Å². The van der Waals surface area contributed by atoms with Crippen molar-refractivity contribution in [3.63, 3.8) is 0 Å². The van der Waals surface area contributed by atoms with Gasteiger partial charge in [-0.05, 0) is 49.3 Å². The molecule has 1 heterocycles. The number of nitrogens with one attached hydrogen (secondary N) is 1. The minimum atomic E-state index is 0.707. The molecule has 2 aromatic rings. The molecule has 0 aromatic heterocycles. The van der Waals surface area contributed by atoms with E-state index in [1.54, 1.807) is 0 Å². The molecule has 0 amide bonds. The molecule has 1 nitrogen and oxygen atoms in total. The van der Waals surface area contributed by atoms with Crippen LogP contribution in [0.5, 0.6) is 0 Å². The van der Waals surface area contributed by atoms with E-state index in [0.717, 1.165) is 6.54 Å². The van der Waals surface area contributed by atoms with Gasteiger partial charge in [0.2, 0.25) is 0 Å². The van der Waals surface area contributed by atoms with Gasteiger partial charge in [-0.25, -0.2) is 0 Å². The highest BCUT2D eigenvalue weighted by molar-refractivity contribution is 5.54. The van der Waals surface area contributed by atoms with Crippen LogP contribution in [0.3, 0.4) is 0 Å². The molecule has 3 rings (SSSR count). The van der Waals surface area contributed by atoms with E-state index in [2.05, 4.69) is 60.8 Å². The summed E-state index contributed by atoms with van der Waals surface area (Å²) in [6, 6.07) is 17.7. The summed E-state index contributed by atoms with van der Waals surface area (Å²) < 4.78 is 0. The van der Waals surface area contributed by atoms with Crippen molar-refractivity contribution in [2.45, 2.75) is 32.1 Å². The van der Waals surface area contributed by atoms with Crippen LogP contribution in [0, 0.1) is 6.92 Å². The number of hydrogen-bond donors (Lipinski definition) is 1. The van der Waals surface area contributed by atoms with Gasteiger partial charge in [0, 0.05) is 12.2 Å². The van der Waals surface area contributed by atoms with Gasteiger partial charge in [-0.1, -0.05) is 48.0 Å². The maximum atomic E-state index is 3.50. The second-order valence-electron chi connectivity index (χ2n) is 5.52. The monoisotopic (exact) mass is 251 g/mol. The summed E-state index contributed by atoms with van der Waals surface area (Å²) in [5.41, 5.74) is 5.64. The number of benzene rings is 2. The molecule has 1 atom stereocenters. The Balaban J connectivity index is 1.69. The third kappa shape index (κ3) is 2.81. The maximum absolute atomic E-state index is 3.50. The van der Waals surface area contributed by atoms with Crippen molar-refractivity contribution in [3.8, 4) is 0 Å². The number of anilines is 1. The average Bonchev–Trinajstić information content (AvgIpc) is 2.47. The molecular weight excluding hydrogens is 230 g/mol. The summed E-state index contributed by atoms with van der Waals surface area (Å²) in [4.78, 5) is 0. The van der Waals surface area contributed by atoms with Gasteiger partial charge < -0.3 is 5.32 Å². The fraction of sp³-hybridized carbons (Fsp3) is 0.333. The van der Waals surface area contributed by atoms with Crippen molar-refractivity contribution >= 4 is 5.69 Å². The summed E-state index contributed by atoms with van der Waals surface area (Å²) in [7, 11) is 0. The molecule has 1 aliphatic rings. The molecule has 0 fully saturated rings. The zero-order valence-corrected chi connectivity index (χ0v) is 11.5. The first-order valence-electron chi connectivity index (χ1n) is 7.21. The predicted octanol–water partition coefficient (Wildman–Crippen LogP) is 4.53. The third-order valence-electron chi connectivity index (χ3n) is 4.11. The van der Waals surface area contributed by atoms with E-state index < -0.39 is 0 Å². The number of hydrogen-bond acceptors (Lipinski definition) is 1. The highest BCUT2D eigenvalue weighted by Gasteiger charge is 2.18. The summed E-state index contributed by atoms with van der Waals surface area (Å²) in [5, 5.41) is 3.50. The van der Waals surface area contributed by atoms with Crippen molar-refractivity contribution in [1.82, 2.24) is 0 Å². The van der Waals surface area contributed by atoms with E-state index >= 15 is 0 Å². The topological polar surface area (TPSA) is 12.0 Å². The lowest BCUT2D eigenvalue weighted by atomic mass is 9.86. The molecule has 0 saturated carbocycles. The zero-order chi connectivity index (χ0) is 13.1. The van der Waals surface area contributed by atoms with E-state index in [9.17, 15) is 0 Å². The standard InChI is InChI=1S/C18H21N/c1-14-6-8-15(9-7-14)10-11-16-12-13-19-18-5-3-2-4-17(16)18/h2-9,16,19H,10-13H2,1H3. The maximum Gasteiger partial charge on any atom is 0.0375 e. The zero-order valence-electron chi connectivity index (χ0n) is 11.5. The largest absolute Gasteiger partial charge is 0.385 e. The molecule has 0 saturated heterocycles. The molecule has 1 aliphatic heterocycles. The average molecular weight is 251 g/mol. The molecule has 1 unspecified atom stereocenters. The fourth-order valence-corrected chi connectivity index (χ4v) is 2.95. The first kappa shape index (κ1) is 12.3. The summed E-state index contributed by atoms with van der Waals surface area (Å²) in [6.07, 6.45) is 3.68. The lowest BCUT2D eigenvalue weighted by molar-refractivity contribution is 0.579. The second-order valence-corrected chi connectivity index (χ2v) is 5.52. The van der Waals surface area contributed by atoms with Gasteiger partial charge in [0.25, 0.3) is 0 Å². The molecule has 0 aliphatic carbocycles. The number of aryl methyl sites for hydroxylation is 2. The Labute approximate surface area is 115 Å². The van der Waals surface area contributed by atoms with Gasteiger partial charge in [0.05, 0.1) is 0 Å². The number of rotatable bonds is 3. The Bertz CT molecular complexity index is 542. The first-order chi connectivity index (χ1) is 9.33. The van der Waals surface area contributed by atoms with E-state index in [1.807, 2.05) is 0 Å². The summed E-state index contributed by atoms with van der Waals surface area (Å²) >= 11 is 0. The van der Waals surface area contributed by atoms with Crippen LogP contribution in [0.1, 0.15) is 35.4 Å². The van der Waals surface area contributed by atoms with Crippen LogP contribution in [0.15, 0.2) is 48.5 Å². The molecule has 0 spiro atoms. The van der Waals surface area contributed by atoms with Crippen LogP contribution in [-0.4, -0.2) is 6.54 Å². The van der Waals surface area contributed by atoms with Crippen molar-refractivity contribution in [2.75, 3.05) is 11.9 Å². The van der Waals surface area contributed by atoms with Crippen LogP contribution < -0.4 is 5.32 Å². The Morgan fingerprint density at radius 2 is 1.84 bits per heavy atom. The predicted molar refractivity (Wildman–Crippen MR) is 81.8 cm³/mol. The Morgan fingerprint density at radius 3 is 2.68 bits per heavy atom. The Hall–Kier alpha value is -1.76. The second kappa shape index (κ2) is 5.48. The molecule has 0 bridgehead atoms. The van der Waals surface area contributed by atoms with Gasteiger partial charge in [-0.3, -0.25) is 0 Å². The molecule has 98 valence electrons. The van der Waals surface area contributed by atoms with E-state index in [0.29, 0.717) is 5.92 Å². The molecule has 19 heavy (non-hydrogen) atoms. The van der Waals surface area contributed by atoms with Gasteiger partial charge in [0.1, 0.15) is 0 Å². The summed E-state index contributed by atoms with van der Waals surface area (Å²) in [6.45, 7) is 3.25. The molecule has 2 aromatic carbocycles. The minimum absolute atomic E-state index is 0.707. The highest BCUT2D eigenvalue weighted by atomic mass is 14.9. The third-order valence-corrected chi connectivity index (χ3v) is 4.11. The lowest BCUT2D eigenvalue weighted by Gasteiger charge is -2.26. The SMILES string of the molecule is Cc1ccc(CCC2CCNc3ccccc32)cc1. The van der Waals surface area contributed by atoms with Gasteiger partial charge >= 0.3 is 0 Å². The van der Waals surface area contributed by atoms with Gasteiger partial charge in [0.15, 0.2) is 0 Å². The molecular formula is C18H21N. The molecule has 1 heteroatoms. The van der Waals surface area contributed by atoms with Crippen LogP contribution in [-0.2, 0) is 6.42 Å². The quantitative estimate of drug-likeness (QED) is 0.845. The molecule has 0 radical (unpaired) electrons. The first-order valence-corrected chi connectivity index (χ1v) is 7.21. The van der Waals surface area contributed by atoms with E-state index in [4.69, 9.17) is 0 Å². The Morgan fingerprint density at radius 1 is 1.05 bits per heavy atom. The summed E-state index contributed by atoms with van der Waals surface area (Å²) in [5.74, 6) is 0.707. The highest BCUT2D eigenvalue weighted by Crippen LogP contribution is 2.34. The minimum Gasteiger partial charge on any atom is -0.385 e. The van der Waals surface area contributed by atoms with E-state index in [-0.39, 0.29) is 0 Å². The van der Waals surface area contributed by atoms with Crippen molar-refractivity contribution < 1.29 is 0 Å². The Kier molecular flexibility index (Phi) is 3.54. The van der Waals surface area contributed by atoms with Crippen molar-refractivity contribution in [2.24, 2.45) is 0 Å². The molecule has 1 N–H and O–H groups in total. The van der Waals surface area contributed by atoms with Gasteiger partial charge in [-0.2, -0.15) is 0 Å². The smallest absolute Gasteiger partial charge is 0.0375 e. The number of para-hydroxylation sites is 1. The normalized spacial score (nSPS) is 17.6. The van der Waals surface area contributed by atoms with Crippen LogP contribution >= 0.6 is 0 Å². The van der Waals surface area contributed by atoms with E-state index in [1.165, 1.54) is 41.6 Å². The fourth-order valence-electron chi connectivity index (χ4n) is 2.95. The van der Waals surface area contributed by atoms with Crippen molar-refractivity contribution in [1.29, 1.82) is 0 Å². The number of fused-ring (bicyclic) bond motifs is 1. The lowest BCUT2D eigenvalue weighted by Crippen LogP contribution is -2.17. The van der Waals surface area contributed by atoms with Crippen LogP contribution in [0.25, 0.3) is 0 Å².